The summed E-state index contributed by atoms with van der Waals surface area (Å²) < 4.78 is 54.5. The number of methoxy groups -OCH3 is 3. The third kappa shape index (κ3) is 4.74. The highest BCUT2D eigenvalue weighted by atomic mass is 19.4. The van der Waals surface area contributed by atoms with Gasteiger partial charge in [0.1, 0.15) is 0 Å². The lowest BCUT2D eigenvalue weighted by molar-refractivity contribution is -0.184. The topological polar surface area (TPSA) is 56.8 Å². The molecule has 2 rings (SSSR count). The Morgan fingerprint density at radius 2 is 1.81 bits per heavy atom. The molecule has 0 heterocycles. The summed E-state index contributed by atoms with van der Waals surface area (Å²) in [7, 11) is 4.40. The van der Waals surface area contributed by atoms with Crippen LogP contribution in [0.4, 0.5) is 13.2 Å². The molecule has 0 radical (unpaired) electrons. The van der Waals surface area contributed by atoms with Crippen LogP contribution < -0.4 is 19.5 Å². The molecule has 1 aromatic rings. The second-order valence-electron chi connectivity index (χ2n) is 6.34. The molecule has 8 heteroatoms. The van der Waals surface area contributed by atoms with E-state index in [-0.39, 0.29) is 25.2 Å². The zero-order chi connectivity index (χ0) is 19.3. The lowest BCUT2D eigenvalue weighted by Gasteiger charge is -2.31. The molecule has 1 N–H and O–H groups in total. The Bertz CT molecular complexity index is 634. The monoisotopic (exact) mass is 375 g/mol. The minimum absolute atomic E-state index is 0.0172. The number of alkyl halides is 3. The van der Waals surface area contributed by atoms with Gasteiger partial charge in [0.25, 0.3) is 0 Å². The maximum Gasteiger partial charge on any atom is 0.391 e. The number of rotatable bonds is 6. The smallest absolute Gasteiger partial charge is 0.391 e. The van der Waals surface area contributed by atoms with Gasteiger partial charge in [-0.25, -0.2) is 0 Å². The van der Waals surface area contributed by atoms with Gasteiger partial charge in [-0.05, 0) is 25.3 Å². The summed E-state index contributed by atoms with van der Waals surface area (Å²) >= 11 is 0. The molecule has 0 aromatic heterocycles. The molecule has 1 aliphatic carbocycles. The number of carbonyl (C=O) groups excluding carboxylic acids is 1. The van der Waals surface area contributed by atoms with Gasteiger partial charge < -0.3 is 19.5 Å². The van der Waals surface area contributed by atoms with Crippen LogP contribution in [0.3, 0.4) is 0 Å². The number of halogens is 3. The predicted molar refractivity (Wildman–Crippen MR) is 89.7 cm³/mol. The van der Waals surface area contributed by atoms with Crippen molar-refractivity contribution in [2.45, 2.75) is 44.3 Å². The Labute approximate surface area is 150 Å². The zero-order valence-corrected chi connectivity index (χ0v) is 15.1. The molecule has 1 saturated carbocycles. The summed E-state index contributed by atoms with van der Waals surface area (Å²) in [5.74, 6) is -0.483. The molecule has 0 spiro atoms. The van der Waals surface area contributed by atoms with E-state index in [1.165, 1.54) is 21.3 Å². The van der Waals surface area contributed by atoms with E-state index >= 15 is 0 Å². The Morgan fingerprint density at radius 1 is 1.12 bits per heavy atom. The summed E-state index contributed by atoms with van der Waals surface area (Å²) in [6, 6.07) is 2.87. The van der Waals surface area contributed by atoms with E-state index < -0.39 is 18.1 Å². The third-order valence-electron chi connectivity index (χ3n) is 4.64. The highest BCUT2D eigenvalue weighted by Crippen LogP contribution is 2.40. The van der Waals surface area contributed by atoms with Crippen molar-refractivity contribution in [1.82, 2.24) is 5.32 Å². The van der Waals surface area contributed by atoms with Crippen LogP contribution >= 0.6 is 0 Å². The van der Waals surface area contributed by atoms with E-state index in [4.69, 9.17) is 14.2 Å². The second-order valence-corrected chi connectivity index (χ2v) is 6.34. The molecule has 1 aliphatic rings. The maximum absolute atomic E-state index is 12.9. The van der Waals surface area contributed by atoms with Gasteiger partial charge in [0, 0.05) is 11.6 Å². The molecule has 26 heavy (non-hydrogen) atoms. The number of hydrogen-bond donors (Lipinski definition) is 1. The molecule has 1 amide bonds. The Morgan fingerprint density at radius 3 is 2.38 bits per heavy atom. The van der Waals surface area contributed by atoms with E-state index in [0.717, 1.165) is 0 Å². The van der Waals surface area contributed by atoms with Crippen molar-refractivity contribution < 1.29 is 32.2 Å². The van der Waals surface area contributed by atoms with Gasteiger partial charge in [-0.1, -0.05) is 12.5 Å². The van der Waals surface area contributed by atoms with Crippen LogP contribution in [0.15, 0.2) is 12.1 Å². The third-order valence-corrected chi connectivity index (χ3v) is 4.64. The predicted octanol–water partition coefficient (Wildman–Crippen LogP) is 3.49. The van der Waals surface area contributed by atoms with E-state index in [0.29, 0.717) is 35.7 Å². The van der Waals surface area contributed by atoms with Gasteiger partial charge >= 0.3 is 6.18 Å². The Hall–Kier alpha value is -2.12. The summed E-state index contributed by atoms with van der Waals surface area (Å²) in [6.07, 6.45) is -3.17. The van der Waals surface area contributed by atoms with Crippen LogP contribution in [0.1, 0.15) is 31.2 Å². The number of benzene rings is 1. The van der Waals surface area contributed by atoms with Gasteiger partial charge in [-0.15, -0.1) is 0 Å². The summed E-state index contributed by atoms with van der Waals surface area (Å²) in [5.41, 5.74) is 0.575. The van der Waals surface area contributed by atoms with E-state index in [2.05, 4.69) is 5.32 Å². The van der Waals surface area contributed by atoms with Crippen LogP contribution in [0.25, 0.3) is 0 Å². The van der Waals surface area contributed by atoms with Gasteiger partial charge in [0.15, 0.2) is 11.5 Å². The first-order chi connectivity index (χ1) is 12.3. The molecule has 146 valence electrons. The molecule has 5 nitrogen and oxygen atoms in total. The van der Waals surface area contributed by atoms with Crippen LogP contribution in [-0.2, 0) is 11.2 Å². The largest absolute Gasteiger partial charge is 0.493 e. The van der Waals surface area contributed by atoms with Crippen molar-refractivity contribution in [3.63, 3.8) is 0 Å². The van der Waals surface area contributed by atoms with Crippen LogP contribution in [0, 0.1) is 5.92 Å². The molecular weight excluding hydrogens is 351 g/mol. The van der Waals surface area contributed by atoms with E-state index in [1.807, 2.05) is 0 Å². The molecule has 0 unspecified atom stereocenters. The Kier molecular flexibility index (Phi) is 6.61. The van der Waals surface area contributed by atoms with Crippen LogP contribution in [-0.4, -0.2) is 39.5 Å². The lowest BCUT2D eigenvalue weighted by Crippen LogP contribution is -2.42. The van der Waals surface area contributed by atoms with Crippen molar-refractivity contribution in [3.8, 4) is 17.2 Å². The minimum atomic E-state index is -4.21. The SMILES string of the molecule is COc1ccc(CC(=O)N[C@@H]2CCC[C@H](C(F)(F)F)C2)c(OC)c1OC. The fourth-order valence-corrected chi connectivity index (χ4v) is 3.37. The number of amides is 1. The fraction of sp³-hybridized carbons (Fsp3) is 0.611. The van der Waals surface area contributed by atoms with Gasteiger partial charge in [0.2, 0.25) is 11.7 Å². The standard InChI is InChI=1S/C18H24F3NO4/c1-24-14-8-7-11(16(25-2)17(14)26-3)9-15(23)22-13-6-4-5-12(10-13)18(19,20)21/h7-8,12-13H,4-6,9-10H2,1-3H3,(H,22,23)/t12-,13+/m0/s1. The first kappa shape index (κ1) is 20.2. The van der Waals surface area contributed by atoms with Crippen LogP contribution in [0.5, 0.6) is 17.2 Å². The molecule has 2 atom stereocenters. The van der Waals surface area contributed by atoms with Gasteiger partial charge in [-0.3, -0.25) is 4.79 Å². The van der Waals surface area contributed by atoms with E-state index in [1.54, 1.807) is 12.1 Å². The average molecular weight is 375 g/mol. The van der Waals surface area contributed by atoms with Gasteiger partial charge in [-0.2, -0.15) is 13.2 Å². The van der Waals surface area contributed by atoms with Crippen molar-refractivity contribution in [1.29, 1.82) is 0 Å². The Balaban J connectivity index is 2.06. The summed E-state index contributed by atoms with van der Waals surface area (Å²) in [4.78, 5) is 12.3. The normalized spacial score (nSPS) is 20.4. The summed E-state index contributed by atoms with van der Waals surface area (Å²) in [6.45, 7) is 0. The molecule has 0 saturated heterocycles. The number of nitrogens with one attached hydrogen (secondary N) is 1. The quantitative estimate of drug-likeness (QED) is 0.827. The second kappa shape index (κ2) is 8.51. The first-order valence-electron chi connectivity index (χ1n) is 8.44. The van der Waals surface area contributed by atoms with E-state index in [9.17, 15) is 18.0 Å². The van der Waals surface area contributed by atoms with Crippen LogP contribution in [0.2, 0.25) is 0 Å². The molecule has 1 aromatic carbocycles. The lowest BCUT2D eigenvalue weighted by atomic mass is 9.85. The van der Waals surface area contributed by atoms with Crippen molar-refractivity contribution in [3.05, 3.63) is 17.7 Å². The zero-order valence-electron chi connectivity index (χ0n) is 15.1. The number of hydrogen-bond acceptors (Lipinski definition) is 4. The molecule has 0 bridgehead atoms. The number of carbonyl (C=O) groups is 1. The van der Waals surface area contributed by atoms with Crippen molar-refractivity contribution in [2.24, 2.45) is 5.92 Å². The maximum atomic E-state index is 12.9. The molecule has 1 fully saturated rings. The molecular formula is C18H24F3NO4. The average Bonchev–Trinajstić information content (AvgIpc) is 2.60. The summed E-state index contributed by atoms with van der Waals surface area (Å²) in [5, 5.41) is 2.72. The first-order valence-corrected chi connectivity index (χ1v) is 8.44. The number of ether oxygens (including phenoxy) is 3. The molecule has 0 aliphatic heterocycles. The minimum Gasteiger partial charge on any atom is -0.493 e. The highest BCUT2D eigenvalue weighted by molar-refractivity contribution is 5.80. The fourth-order valence-electron chi connectivity index (χ4n) is 3.37. The van der Waals surface area contributed by atoms with Crippen molar-refractivity contribution >= 4 is 5.91 Å². The van der Waals surface area contributed by atoms with Gasteiger partial charge in [0.05, 0.1) is 33.7 Å². The highest BCUT2D eigenvalue weighted by Gasteiger charge is 2.42. The van der Waals surface area contributed by atoms with Crippen molar-refractivity contribution in [2.75, 3.05) is 21.3 Å².